The van der Waals surface area contributed by atoms with E-state index in [1.165, 1.54) is 11.3 Å². The van der Waals surface area contributed by atoms with Crippen molar-refractivity contribution < 1.29 is 19.4 Å². The predicted molar refractivity (Wildman–Crippen MR) is 69.0 cm³/mol. The number of rotatable bonds is 4. The van der Waals surface area contributed by atoms with Crippen LogP contribution in [0.5, 0.6) is 0 Å². The van der Waals surface area contributed by atoms with Gasteiger partial charge in [-0.1, -0.05) is 0 Å². The van der Waals surface area contributed by atoms with E-state index in [-0.39, 0.29) is 18.6 Å². The third-order valence-corrected chi connectivity index (χ3v) is 3.60. The number of aromatic nitrogens is 1. The number of aryl methyl sites for hydroxylation is 1. The molecule has 1 aromatic heterocycles. The second-order valence-electron chi connectivity index (χ2n) is 4.55. The molecule has 0 bridgehead atoms. The number of hydrogen-bond donors (Lipinski definition) is 1. The first-order valence-electron chi connectivity index (χ1n) is 6.09. The van der Waals surface area contributed by atoms with Gasteiger partial charge in [0.15, 0.2) is 6.10 Å². The maximum Gasteiger partial charge on any atom is 0.334 e. The number of hydrogen-bond acceptors (Lipinski definition) is 5. The molecule has 1 aliphatic rings. The molecule has 2 heterocycles. The SMILES string of the molecule is C[C@@H]1CN(C(=O)CCc2cscn2)CC(C(=O)O)O1. The number of morpholine rings is 1. The summed E-state index contributed by atoms with van der Waals surface area (Å²) in [4.78, 5) is 28.7. The van der Waals surface area contributed by atoms with Crippen LogP contribution in [-0.4, -0.2) is 52.2 Å². The summed E-state index contributed by atoms with van der Waals surface area (Å²) in [5.74, 6) is -1.07. The molecule has 1 N–H and O–H groups in total. The van der Waals surface area contributed by atoms with Crippen LogP contribution in [0.15, 0.2) is 10.9 Å². The van der Waals surface area contributed by atoms with Crippen LogP contribution >= 0.6 is 11.3 Å². The van der Waals surface area contributed by atoms with Crippen molar-refractivity contribution in [3.05, 3.63) is 16.6 Å². The van der Waals surface area contributed by atoms with Crippen LogP contribution in [0.3, 0.4) is 0 Å². The molecular weight excluding hydrogens is 268 g/mol. The van der Waals surface area contributed by atoms with Crippen molar-refractivity contribution in [1.82, 2.24) is 9.88 Å². The molecule has 2 rings (SSSR count). The summed E-state index contributed by atoms with van der Waals surface area (Å²) >= 11 is 1.50. The lowest BCUT2D eigenvalue weighted by molar-refractivity contribution is -0.166. The van der Waals surface area contributed by atoms with Crippen molar-refractivity contribution in [2.75, 3.05) is 13.1 Å². The summed E-state index contributed by atoms with van der Waals surface area (Å²) in [5, 5.41) is 10.9. The van der Waals surface area contributed by atoms with Crippen LogP contribution in [0.1, 0.15) is 19.0 Å². The molecule has 7 heteroatoms. The maximum atomic E-state index is 12.1. The summed E-state index contributed by atoms with van der Waals surface area (Å²) in [6.45, 7) is 2.34. The number of ether oxygens (including phenoxy) is 1. The van der Waals surface area contributed by atoms with E-state index >= 15 is 0 Å². The Morgan fingerprint density at radius 3 is 3.00 bits per heavy atom. The highest BCUT2D eigenvalue weighted by molar-refractivity contribution is 7.07. The Labute approximate surface area is 115 Å². The number of nitrogens with zero attached hydrogens (tertiary/aromatic N) is 2. The third kappa shape index (κ3) is 3.74. The minimum absolute atomic E-state index is 0.0469. The van der Waals surface area contributed by atoms with Gasteiger partial charge in [0.05, 0.1) is 23.9 Å². The number of aliphatic carboxylic acids is 1. The monoisotopic (exact) mass is 284 g/mol. The minimum atomic E-state index is -1.02. The third-order valence-electron chi connectivity index (χ3n) is 2.97. The van der Waals surface area contributed by atoms with Gasteiger partial charge in [-0.25, -0.2) is 9.78 Å². The maximum absolute atomic E-state index is 12.1. The zero-order valence-corrected chi connectivity index (χ0v) is 11.4. The van der Waals surface area contributed by atoms with Gasteiger partial charge in [-0.2, -0.15) is 0 Å². The molecular formula is C12H16N2O4S. The van der Waals surface area contributed by atoms with E-state index in [2.05, 4.69) is 4.98 Å². The Hall–Kier alpha value is -1.47. The van der Waals surface area contributed by atoms with Crippen LogP contribution in [0.25, 0.3) is 0 Å². The van der Waals surface area contributed by atoms with Gasteiger partial charge in [0.2, 0.25) is 5.91 Å². The highest BCUT2D eigenvalue weighted by atomic mass is 32.1. The van der Waals surface area contributed by atoms with E-state index in [1.54, 1.807) is 17.3 Å². The van der Waals surface area contributed by atoms with E-state index < -0.39 is 12.1 Å². The second kappa shape index (κ2) is 6.12. The zero-order chi connectivity index (χ0) is 13.8. The van der Waals surface area contributed by atoms with Crippen molar-refractivity contribution in [2.24, 2.45) is 0 Å². The molecule has 104 valence electrons. The number of carboxylic acid groups (broad SMARTS) is 1. The van der Waals surface area contributed by atoms with Crippen molar-refractivity contribution >= 4 is 23.2 Å². The molecule has 1 aromatic rings. The smallest absolute Gasteiger partial charge is 0.334 e. The van der Waals surface area contributed by atoms with Gasteiger partial charge in [-0.05, 0) is 13.3 Å². The van der Waals surface area contributed by atoms with E-state index in [1.807, 2.05) is 5.38 Å². The molecule has 1 fully saturated rings. The first kappa shape index (κ1) is 14.0. The summed E-state index contributed by atoms with van der Waals surface area (Å²) in [7, 11) is 0. The van der Waals surface area contributed by atoms with Crippen molar-refractivity contribution in [3.8, 4) is 0 Å². The molecule has 0 radical (unpaired) electrons. The number of carbonyl (C=O) groups is 2. The molecule has 1 saturated heterocycles. The lowest BCUT2D eigenvalue weighted by Gasteiger charge is -2.35. The van der Waals surface area contributed by atoms with E-state index in [4.69, 9.17) is 9.84 Å². The molecule has 6 nitrogen and oxygen atoms in total. The molecule has 0 aromatic carbocycles. The van der Waals surface area contributed by atoms with Crippen LogP contribution < -0.4 is 0 Å². The normalized spacial score (nSPS) is 23.3. The molecule has 1 aliphatic heterocycles. The number of carboxylic acids is 1. The molecule has 2 atom stereocenters. The molecule has 1 amide bonds. The topological polar surface area (TPSA) is 79.7 Å². The average molecular weight is 284 g/mol. The highest BCUT2D eigenvalue weighted by Gasteiger charge is 2.32. The van der Waals surface area contributed by atoms with E-state index in [0.717, 1.165) is 5.69 Å². The number of thiazole rings is 1. The van der Waals surface area contributed by atoms with E-state index in [0.29, 0.717) is 19.4 Å². The quantitative estimate of drug-likeness (QED) is 0.883. The van der Waals surface area contributed by atoms with Crippen LogP contribution in [-0.2, 0) is 20.7 Å². The highest BCUT2D eigenvalue weighted by Crippen LogP contribution is 2.14. The standard InChI is InChI=1S/C12H16N2O4S/c1-8-4-14(5-10(18-8)12(16)17)11(15)3-2-9-6-19-7-13-9/h6-8,10H,2-5H2,1H3,(H,16,17)/t8-,10?/m1/s1. The lowest BCUT2D eigenvalue weighted by Crippen LogP contribution is -2.51. The molecule has 0 aliphatic carbocycles. The van der Waals surface area contributed by atoms with Gasteiger partial charge in [-0.15, -0.1) is 11.3 Å². The van der Waals surface area contributed by atoms with Gasteiger partial charge in [0, 0.05) is 18.3 Å². The van der Waals surface area contributed by atoms with Gasteiger partial charge < -0.3 is 14.7 Å². The number of carbonyl (C=O) groups excluding carboxylic acids is 1. The summed E-state index contributed by atoms with van der Waals surface area (Å²) < 4.78 is 5.27. The Balaban J connectivity index is 1.89. The summed E-state index contributed by atoms with van der Waals surface area (Å²) in [6.07, 6.45) is -0.237. The lowest BCUT2D eigenvalue weighted by atomic mass is 10.1. The number of amides is 1. The van der Waals surface area contributed by atoms with Gasteiger partial charge >= 0.3 is 5.97 Å². The van der Waals surface area contributed by atoms with Crippen LogP contribution in [0.2, 0.25) is 0 Å². The van der Waals surface area contributed by atoms with Crippen molar-refractivity contribution in [1.29, 1.82) is 0 Å². The Morgan fingerprint density at radius 1 is 1.58 bits per heavy atom. The average Bonchev–Trinajstić information content (AvgIpc) is 2.88. The fourth-order valence-electron chi connectivity index (χ4n) is 2.05. The largest absolute Gasteiger partial charge is 0.479 e. The predicted octanol–water partition coefficient (Wildman–Crippen LogP) is 0.776. The van der Waals surface area contributed by atoms with Crippen molar-refractivity contribution in [3.63, 3.8) is 0 Å². The Morgan fingerprint density at radius 2 is 2.37 bits per heavy atom. The molecule has 0 saturated carbocycles. The van der Waals surface area contributed by atoms with Gasteiger partial charge in [0.1, 0.15) is 0 Å². The van der Waals surface area contributed by atoms with Crippen LogP contribution in [0.4, 0.5) is 0 Å². The molecule has 0 spiro atoms. The Bertz CT molecular complexity index is 449. The summed E-state index contributed by atoms with van der Waals surface area (Å²) in [5.41, 5.74) is 2.63. The molecule has 1 unspecified atom stereocenters. The van der Waals surface area contributed by atoms with E-state index in [9.17, 15) is 9.59 Å². The minimum Gasteiger partial charge on any atom is -0.479 e. The summed E-state index contributed by atoms with van der Waals surface area (Å²) in [6, 6.07) is 0. The Kier molecular flexibility index (Phi) is 4.49. The van der Waals surface area contributed by atoms with Crippen molar-refractivity contribution in [2.45, 2.75) is 32.0 Å². The second-order valence-corrected chi connectivity index (χ2v) is 5.27. The fourth-order valence-corrected chi connectivity index (χ4v) is 2.64. The van der Waals surface area contributed by atoms with Crippen LogP contribution in [0, 0.1) is 0 Å². The first-order valence-corrected chi connectivity index (χ1v) is 7.03. The zero-order valence-electron chi connectivity index (χ0n) is 10.6. The molecule has 19 heavy (non-hydrogen) atoms. The van der Waals surface area contributed by atoms with Gasteiger partial charge in [-0.3, -0.25) is 4.79 Å². The van der Waals surface area contributed by atoms with Gasteiger partial charge in [0.25, 0.3) is 0 Å². The first-order chi connectivity index (χ1) is 9.06. The fraction of sp³-hybridized carbons (Fsp3) is 0.583.